The first-order valence-corrected chi connectivity index (χ1v) is 8.26. The number of aromatic nitrogens is 1. The lowest BCUT2D eigenvalue weighted by atomic mass is 9.97. The summed E-state index contributed by atoms with van der Waals surface area (Å²) < 4.78 is 22.0. The summed E-state index contributed by atoms with van der Waals surface area (Å²) in [5.41, 5.74) is 2.83. The van der Waals surface area contributed by atoms with E-state index >= 15 is 0 Å². The van der Waals surface area contributed by atoms with Crippen LogP contribution in [0.2, 0.25) is 0 Å². The topological polar surface area (TPSA) is 53.7 Å². The molecule has 1 aromatic heterocycles. The molecule has 0 spiro atoms. The highest BCUT2D eigenvalue weighted by Crippen LogP contribution is 2.41. The van der Waals surface area contributed by atoms with Gasteiger partial charge >= 0.3 is 0 Å². The molecule has 5 nitrogen and oxygen atoms in total. The molecule has 5 heteroatoms. The summed E-state index contributed by atoms with van der Waals surface area (Å²) in [6, 6.07) is 17.9. The fourth-order valence-electron chi connectivity index (χ4n) is 3.35. The zero-order chi connectivity index (χ0) is 17.5. The summed E-state index contributed by atoms with van der Waals surface area (Å²) in [5, 5.41) is 6.11. The molecule has 0 atom stereocenters. The van der Waals surface area contributed by atoms with Gasteiger partial charge in [0, 0.05) is 16.5 Å². The maximum atomic E-state index is 5.64. The van der Waals surface area contributed by atoms with E-state index in [9.17, 15) is 0 Å². The van der Waals surface area contributed by atoms with Gasteiger partial charge < -0.3 is 18.7 Å². The van der Waals surface area contributed by atoms with Crippen molar-refractivity contribution in [3.8, 4) is 39.7 Å². The van der Waals surface area contributed by atoms with Crippen LogP contribution in [0.3, 0.4) is 0 Å². The van der Waals surface area contributed by atoms with E-state index in [2.05, 4.69) is 11.2 Å². The summed E-state index contributed by atoms with van der Waals surface area (Å²) in [7, 11) is 1.67. The van der Waals surface area contributed by atoms with Crippen molar-refractivity contribution in [2.75, 3.05) is 13.9 Å². The molecule has 0 fully saturated rings. The zero-order valence-corrected chi connectivity index (χ0v) is 14.1. The molecule has 128 valence electrons. The van der Waals surface area contributed by atoms with Crippen molar-refractivity contribution in [3.63, 3.8) is 0 Å². The fourth-order valence-corrected chi connectivity index (χ4v) is 3.35. The van der Waals surface area contributed by atoms with Crippen LogP contribution in [0.25, 0.3) is 33.2 Å². The van der Waals surface area contributed by atoms with E-state index in [1.54, 1.807) is 13.3 Å². The van der Waals surface area contributed by atoms with E-state index in [0.717, 1.165) is 44.7 Å². The third-order valence-corrected chi connectivity index (χ3v) is 4.60. The molecule has 26 heavy (non-hydrogen) atoms. The number of nitrogens with zero attached hydrogens (tertiary/aromatic N) is 1. The Labute approximate surface area is 149 Å². The first-order chi connectivity index (χ1) is 12.8. The lowest BCUT2D eigenvalue weighted by molar-refractivity contribution is 0.174. The Kier molecular flexibility index (Phi) is 3.31. The van der Waals surface area contributed by atoms with E-state index in [1.165, 1.54) is 0 Å². The predicted molar refractivity (Wildman–Crippen MR) is 97.6 cm³/mol. The summed E-state index contributed by atoms with van der Waals surface area (Å²) in [6.07, 6.45) is 1.73. The molecule has 0 unspecified atom stereocenters. The number of benzene rings is 3. The molecule has 1 aliphatic heterocycles. The van der Waals surface area contributed by atoms with E-state index in [-0.39, 0.29) is 6.79 Å². The minimum atomic E-state index is 0.248. The Bertz CT molecular complexity index is 1120. The third-order valence-electron chi connectivity index (χ3n) is 4.60. The average Bonchev–Trinajstić information content (AvgIpc) is 3.35. The molecule has 3 aromatic carbocycles. The largest absolute Gasteiger partial charge is 0.496 e. The smallest absolute Gasteiger partial charge is 0.231 e. The first-order valence-electron chi connectivity index (χ1n) is 8.26. The normalized spacial score (nSPS) is 12.5. The van der Waals surface area contributed by atoms with E-state index in [0.29, 0.717) is 5.76 Å². The number of methoxy groups -OCH3 is 1. The van der Waals surface area contributed by atoms with Gasteiger partial charge in [-0.05, 0) is 35.2 Å². The molecule has 5 rings (SSSR count). The number of fused-ring (bicyclic) bond motifs is 2. The number of hydrogen-bond acceptors (Lipinski definition) is 5. The van der Waals surface area contributed by atoms with Gasteiger partial charge in [0.2, 0.25) is 6.79 Å². The van der Waals surface area contributed by atoms with Gasteiger partial charge in [-0.15, -0.1) is 0 Å². The highest BCUT2D eigenvalue weighted by Gasteiger charge is 2.20. The lowest BCUT2D eigenvalue weighted by Gasteiger charge is -2.10. The fraction of sp³-hybridized carbons (Fsp3) is 0.0952. The first kappa shape index (κ1) is 14.8. The van der Waals surface area contributed by atoms with Crippen molar-refractivity contribution in [1.29, 1.82) is 0 Å². The summed E-state index contributed by atoms with van der Waals surface area (Å²) in [4.78, 5) is 0. The molecule has 0 radical (unpaired) electrons. The maximum absolute atomic E-state index is 5.64. The average molecular weight is 345 g/mol. The monoisotopic (exact) mass is 345 g/mol. The molecule has 1 aliphatic rings. The van der Waals surface area contributed by atoms with E-state index < -0.39 is 0 Å². The van der Waals surface area contributed by atoms with Gasteiger partial charge in [-0.1, -0.05) is 35.5 Å². The van der Waals surface area contributed by atoms with Crippen LogP contribution >= 0.6 is 0 Å². The van der Waals surface area contributed by atoms with Crippen LogP contribution in [0.5, 0.6) is 17.2 Å². The van der Waals surface area contributed by atoms with Crippen molar-refractivity contribution < 1.29 is 18.7 Å². The summed E-state index contributed by atoms with van der Waals surface area (Å²) in [5.74, 6) is 3.02. The minimum absolute atomic E-state index is 0.248. The molecule has 4 aromatic rings. The summed E-state index contributed by atoms with van der Waals surface area (Å²) >= 11 is 0. The van der Waals surface area contributed by atoms with Crippen molar-refractivity contribution >= 4 is 10.8 Å². The standard InChI is InChI=1S/C21H15NO4/c1-23-18-9-7-16(14-4-2-3-5-15(14)18)21-17(11-22-26-21)13-6-8-19-20(10-13)25-12-24-19/h2-11H,12H2,1H3. The Hall–Kier alpha value is -3.47. The van der Waals surface area contributed by atoms with Crippen LogP contribution in [-0.2, 0) is 0 Å². The van der Waals surface area contributed by atoms with Crippen LogP contribution in [0, 0.1) is 0 Å². The zero-order valence-electron chi connectivity index (χ0n) is 14.1. The van der Waals surface area contributed by atoms with Crippen molar-refractivity contribution in [1.82, 2.24) is 5.16 Å². The molecule has 2 heterocycles. The predicted octanol–water partition coefficient (Wildman–Crippen LogP) is 4.90. The molecule has 0 bridgehead atoms. The van der Waals surface area contributed by atoms with E-state index in [4.69, 9.17) is 18.7 Å². The van der Waals surface area contributed by atoms with Crippen LogP contribution in [-0.4, -0.2) is 19.1 Å². The van der Waals surface area contributed by atoms with Crippen molar-refractivity contribution in [2.45, 2.75) is 0 Å². The SMILES string of the molecule is COc1ccc(-c2oncc2-c2ccc3c(c2)OCO3)c2ccccc12. The van der Waals surface area contributed by atoms with Gasteiger partial charge in [0.15, 0.2) is 17.3 Å². The lowest BCUT2D eigenvalue weighted by Crippen LogP contribution is -1.92. The molecule has 0 amide bonds. The number of hydrogen-bond donors (Lipinski definition) is 0. The molecule has 0 N–H and O–H groups in total. The van der Waals surface area contributed by atoms with Gasteiger partial charge in [0.05, 0.1) is 13.3 Å². The van der Waals surface area contributed by atoms with Crippen molar-refractivity contribution in [3.05, 3.63) is 60.8 Å². The highest BCUT2D eigenvalue weighted by atomic mass is 16.7. The van der Waals surface area contributed by atoms with Crippen LogP contribution in [0.1, 0.15) is 0 Å². The van der Waals surface area contributed by atoms with E-state index in [1.807, 2.05) is 48.5 Å². The maximum Gasteiger partial charge on any atom is 0.231 e. The molecule has 0 saturated heterocycles. The van der Waals surface area contributed by atoms with Gasteiger partial charge in [-0.25, -0.2) is 0 Å². The molecule has 0 aliphatic carbocycles. The Morgan fingerprint density at radius 3 is 2.62 bits per heavy atom. The van der Waals surface area contributed by atoms with Gasteiger partial charge in [-0.2, -0.15) is 0 Å². The third kappa shape index (κ3) is 2.21. The Morgan fingerprint density at radius 1 is 0.885 bits per heavy atom. The molecule has 0 saturated carbocycles. The second-order valence-electron chi connectivity index (χ2n) is 6.00. The number of ether oxygens (including phenoxy) is 3. The molecular formula is C21H15NO4. The number of rotatable bonds is 3. The highest BCUT2D eigenvalue weighted by molar-refractivity contribution is 6.01. The van der Waals surface area contributed by atoms with Gasteiger partial charge in [-0.3, -0.25) is 0 Å². The van der Waals surface area contributed by atoms with Crippen molar-refractivity contribution in [2.24, 2.45) is 0 Å². The molecular weight excluding hydrogens is 330 g/mol. The second-order valence-corrected chi connectivity index (χ2v) is 6.00. The van der Waals surface area contributed by atoms with Gasteiger partial charge in [0.25, 0.3) is 0 Å². The summed E-state index contributed by atoms with van der Waals surface area (Å²) in [6.45, 7) is 0.248. The minimum Gasteiger partial charge on any atom is -0.496 e. The second kappa shape index (κ2) is 5.81. The van der Waals surface area contributed by atoms with Crippen LogP contribution in [0.15, 0.2) is 65.3 Å². The van der Waals surface area contributed by atoms with Crippen LogP contribution in [0.4, 0.5) is 0 Å². The Balaban J connectivity index is 1.70. The quantitative estimate of drug-likeness (QED) is 0.529. The van der Waals surface area contributed by atoms with Gasteiger partial charge in [0.1, 0.15) is 5.75 Å². The Morgan fingerprint density at radius 2 is 1.73 bits per heavy atom. The van der Waals surface area contributed by atoms with Crippen LogP contribution < -0.4 is 14.2 Å².